The van der Waals surface area contributed by atoms with Gasteiger partial charge in [-0.25, -0.2) is 4.79 Å². The Balaban J connectivity index is 3.18. The predicted octanol–water partition coefficient (Wildman–Crippen LogP) is 0.132. The van der Waals surface area contributed by atoms with Crippen molar-refractivity contribution in [1.29, 1.82) is 0 Å². The van der Waals surface area contributed by atoms with Gasteiger partial charge < -0.3 is 15.0 Å². The number of carbonyl (C=O) groups excluding carboxylic acids is 1. The number of anilines is 1. The van der Waals surface area contributed by atoms with Crippen molar-refractivity contribution in [3.63, 3.8) is 0 Å². The molecule has 0 spiro atoms. The van der Waals surface area contributed by atoms with Crippen molar-refractivity contribution in [2.45, 2.75) is 0 Å². The molecule has 0 heterocycles. The Bertz CT molecular complexity index is 547. The number of benzene rings is 1. The van der Waals surface area contributed by atoms with Crippen LogP contribution >= 0.6 is 0 Å². The summed E-state index contributed by atoms with van der Waals surface area (Å²) in [5, 5.41) is 36.6. The fourth-order valence-corrected chi connectivity index (χ4v) is 1.32. The minimum Gasteiger partial charge on any atom is -0.545 e. The first kappa shape index (κ1) is 14.4. The van der Waals surface area contributed by atoms with E-state index in [0.717, 1.165) is 18.2 Å². The third-order valence-electron chi connectivity index (χ3n) is 2.08. The number of carboxylic acids is 2. The maximum Gasteiger partial charge on any atom is 0.328 e. The van der Waals surface area contributed by atoms with Gasteiger partial charge >= 0.3 is 5.97 Å². The van der Waals surface area contributed by atoms with Crippen LogP contribution in [0.3, 0.4) is 0 Å². The average molecular weight is 264 g/mol. The number of hydrogen-bond acceptors (Lipinski definition) is 6. The Labute approximate surface area is 107 Å². The summed E-state index contributed by atoms with van der Waals surface area (Å²) in [6.45, 7) is 0. The van der Waals surface area contributed by atoms with Crippen molar-refractivity contribution in [3.05, 3.63) is 41.5 Å². The lowest BCUT2D eigenvalue weighted by molar-refractivity contribution is -0.297. The van der Waals surface area contributed by atoms with E-state index in [1.165, 1.54) is 24.3 Å². The van der Waals surface area contributed by atoms with Gasteiger partial charge in [0.2, 0.25) is 0 Å². The van der Waals surface area contributed by atoms with Gasteiger partial charge in [0.1, 0.15) is 5.69 Å². The van der Waals surface area contributed by atoms with Gasteiger partial charge in [0.15, 0.2) is 0 Å². The van der Waals surface area contributed by atoms with E-state index in [9.17, 15) is 14.7 Å². The normalized spacial score (nSPS) is 11.1. The van der Waals surface area contributed by atoms with Crippen LogP contribution in [0.4, 0.5) is 5.69 Å². The highest BCUT2D eigenvalue weighted by molar-refractivity contribution is 5.88. The van der Waals surface area contributed by atoms with Crippen LogP contribution in [0.1, 0.15) is 11.1 Å². The molecular formula is C12H10NO6-. The van der Waals surface area contributed by atoms with E-state index in [2.05, 4.69) is 0 Å². The highest BCUT2D eigenvalue weighted by atomic mass is 16.8. The Hall–Kier alpha value is -2.64. The smallest absolute Gasteiger partial charge is 0.328 e. The van der Waals surface area contributed by atoms with Crippen LogP contribution in [-0.2, 0) is 9.59 Å². The average Bonchev–Trinajstić information content (AvgIpc) is 2.33. The molecule has 1 rings (SSSR count). The van der Waals surface area contributed by atoms with E-state index in [-0.39, 0.29) is 16.5 Å². The number of carboxylic acid groups (broad SMARTS) is 2. The summed E-state index contributed by atoms with van der Waals surface area (Å²) in [7, 11) is 0. The Morgan fingerprint density at radius 1 is 1.16 bits per heavy atom. The van der Waals surface area contributed by atoms with E-state index in [1.807, 2.05) is 0 Å². The second-order valence-corrected chi connectivity index (χ2v) is 3.43. The largest absolute Gasteiger partial charge is 0.545 e. The fraction of sp³-hybridized carbons (Fsp3) is 0. The monoisotopic (exact) mass is 264 g/mol. The molecule has 1 aromatic carbocycles. The zero-order chi connectivity index (χ0) is 14.4. The third kappa shape index (κ3) is 4.62. The van der Waals surface area contributed by atoms with Crippen molar-refractivity contribution in [3.8, 4) is 0 Å². The second-order valence-electron chi connectivity index (χ2n) is 3.43. The van der Waals surface area contributed by atoms with Gasteiger partial charge in [0.05, 0.1) is 5.97 Å². The molecule has 1 aromatic rings. The van der Waals surface area contributed by atoms with E-state index < -0.39 is 11.9 Å². The minimum absolute atomic E-state index is 0.0527. The van der Waals surface area contributed by atoms with E-state index in [0.29, 0.717) is 5.56 Å². The Kier molecular flexibility index (Phi) is 4.81. The molecule has 0 amide bonds. The molecule has 0 atom stereocenters. The first-order chi connectivity index (χ1) is 8.90. The van der Waals surface area contributed by atoms with Crippen LogP contribution in [0.5, 0.6) is 0 Å². The molecule has 3 N–H and O–H groups in total. The molecule has 7 nitrogen and oxygen atoms in total. The first-order valence-corrected chi connectivity index (χ1v) is 5.02. The molecular weight excluding hydrogens is 254 g/mol. The molecule has 0 unspecified atom stereocenters. The molecule has 0 saturated carbocycles. The van der Waals surface area contributed by atoms with Gasteiger partial charge in [-0.1, -0.05) is 12.1 Å². The van der Waals surface area contributed by atoms with E-state index >= 15 is 0 Å². The molecule has 0 saturated heterocycles. The topological polar surface area (TPSA) is 121 Å². The molecule has 0 aliphatic rings. The van der Waals surface area contributed by atoms with Crippen LogP contribution in [0, 0.1) is 0 Å². The van der Waals surface area contributed by atoms with Crippen molar-refractivity contribution >= 4 is 29.8 Å². The summed E-state index contributed by atoms with van der Waals surface area (Å²) in [6, 6.07) is 4.09. The molecule has 0 aromatic heterocycles. The SMILES string of the molecule is O=C([O-])C=Cc1ccc(N(O)O)c(C=CC(=O)O)c1. The van der Waals surface area contributed by atoms with Crippen LogP contribution in [-0.4, -0.2) is 27.5 Å². The Morgan fingerprint density at radius 3 is 2.37 bits per heavy atom. The Morgan fingerprint density at radius 2 is 1.84 bits per heavy atom. The summed E-state index contributed by atoms with van der Waals surface area (Å²) in [4.78, 5) is 20.7. The van der Waals surface area contributed by atoms with E-state index in [1.54, 1.807) is 0 Å². The molecule has 0 aliphatic carbocycles. The maximum atomic E-state index is 10.4. The van der Waals surface area contributed by atoms with Crippen LogP contribution < -0.4 is 10.3 Å². The lowest BCUT2D eigenvalue weighted by Crippen LogP contribution is -2.18. The molecule has 0 radical (unpaired) electrons. The maximum absolute atomic E-state index is 10.4. The van der Waals surface area contributed by atoms with Gasteiger partial charge in [-0.3, -0.25) is 10.4 Å². The first-order valence-electron chi connectivity index (χ1n) is 5.02. The summed E-state index contributed by atoms with van der Waals surface area (Å²) >= 11 is 0. The van der Waals surface area contributed by atoms with E-state index in [4.69, 9.17) is 15.5 Å². The molecule has 19 heavy (non-hydrogen) atoms. The van der Waals surface area contributed by atoms with Crippen molar-refractivity contribution in [2.75, 3.05) is 5.23 Å². The third-order valence-corrected chi connectivity index (χ3v) is 2.08. The molecule has 0 aliphatic heterocycles. The minimum atomic E-state index is -1.38. The van der Waals surface area contributed by atoms with Crippen molar-refractivity contribution in [1.82, 2.24) is 0 Å². The van der Waals surface area contributed by atoms with Crippen molar-refractivity contribution < 1.29 is 30.2 Å². The molecule has 7 heteroatoms. The zero-order valence-corrected chi connectivity index (χ0v) is 9.56. The quantitative estimate of drug-likeness (QED) is 0.510. The summed E-state index contributed by atoms with van der Waals surface area (Å²) in [5.41, 5.74) is 0.566. The van der Waals surface area contributed by atoms with Gasteiger partial charge in [-0.2, -0.15) is 0 Å². The number of nitrogens with zero attached hydrogens (tertiary/aromatic N) is 1. The fourth-order valence-electron chi connectivity index (χ4n) is 1.32. The summed E-state index contributed by atoms with van der Waals surface area (Å²) < 4.78 is 0. The van der Waals surface area contributed by atoms with Gasteiger partial charge in [0.25, 0.3) is 0 Å². The second kappa shape index (κ2) is 6.34. The highest BCUT2D eigenvalue weighted by Crippen LogP contribution is 2.22. The number of hydrogen-bond donors (Lipinski definition) is 3. The van der Waals surface area contributed by atoms with Gasteiger partial charge in [-0.05, 0) is 29.8 Å². The van der Waals surface area contributed by atoms with Crippen LogP contribution in [0.25, 0.3) is 12.2 Å². The molecule has 0 fully saturated rings. The van der Waals surface area contributed by atoms with Crippen molar-refractivity contribution in [2.24, 2.45) is 0 Å². The number of carbonyl (C=O) groups is 2. The number of rotatable bonds is 5. The highest BCUT2D eigenvalue weighted by Gasteiger charge is 2.06. The number of aliphatic carboxylic acids is 2. The lowest BCUT2D eigenvalue weighted by atomic mass is 10.1. The lowest BCUT2D eigenvalue weighted by Gasteiger charge is -2.11. The standard InChI is InChI=1S/C12H11NO6/c14-11(15)5-2-8-1-4-10(13(18)19)9(7-8)3-6-12(16)17/h1-7,18-19H,(H,14,15)(H,16,17)/p-1. The van der Waals surface area contributed by atoms with Crippen LogP contribution in [0.15, 0.2) is 30.4 Å². The predicted molar refractivity (Wildman–Crippen MR) is 63.2 cm³/mol. The molecule has 100 valence electrons. The summed E-state index contributed by atoms with van der Waals surface area (Å²) in [5.74, 6) is -2.58. The summed E-state index contributed by atoms with van der Waals surface area (Å²) in [6.07, 6.45) is 3.99. The zero-order valence-electron chi connectivity index (χ0n) is 9.56. The van der Waals surface area contributed by atoms with Gasteiger partial charge in [-0.15, -0.1) is 5.23 Å². The van der Waals surface area contributed by atoms with Gasteiger partial charge in [0, 0.05) is 11.6 Å². The molecule has 0 bridgehead atoms. The van der Waals surface area contributed by atoms with Crippen LogP contribution in [0.2, 0.25) is 0 Å².